The molecule has 0 bridgehead atoms. The third kappa shape index (κ3) is 4.27. The third-order valence-electron chi connectivity index (χ3n) is 4.42. The first-order valence-corrected chi connectivity index (χ1v) is 9.93. The number of nitrogens with zero attached hydrogens (tertiary/aromatic N) is 1. The molecule has 1 fully saturated rings. The van der Waals surface area contributed by atoms with Gasteiger partial charge in [0.15, 0.2) is 0 Å². The fourth-order valence-corrected chi connectivity index (χ4v) is 3.46. The monoisotopic (exact) mass is 395 g/mol. The molecule has 0 heterocycles. The summed E-state index contributed by atoms with van der Waals surface area (Å²) < 4.78 is 53.4. The molecule has 1 aliphatic rings. The summed E-state index contributed by atoms with van der Waals surface area (Å²) in [5, 5.41) is 0. The Labute approximate surface area is 156 Å². The van der Waals surface area contributed by atoms with E-state index in [9.17, 15) is 22.0 Å². The fourth-order valence-electron chi connectivity index (χ4n) is 2.74. The number of hydrogen-bond donors (Lipinski definition) is 0. The van der Waals surface area contributed by atoms with Gasteiger partial charge >= 0.3 is 5.76 Å². The number of carbonyl (C=O) groups is 1. The number of hydrogen-bond acceptors (Lipinski definition) is 4. The number of sulfone groups is 1. The van der Waals surface area contributed by atoms with Crippen LogP contribution in [0, 0.1) is 0 Å². The summed E-state index contributed by atoms with van der Waals surface area (Å²) in [5.41, 5.74) is 1.21. The van der Waals surface area contributed by atoms with E-state index in [1.54, 1.807) is 12.0 Å². The lowest BCUT2D eigenvalue weighted by molar-refractivity contribution is 0.0730. The van der Waals surface area contributed by atoms with Crippen molar-refractivity contribution < 1.29 is 26.7 Å². The Balaban J connectivity index is 1.79. The summed E-state index contributed by atoms with van der Waals surface area (Å²) in [5.74, 6) is -3.02. The predicted molar refractivity (Wildman–Crippen MR) is 95.5 cm³/mol. The minimum atomic E-state index is -4.67. The van der Waals surface area contributed by atoms with Crippen LogP contribution >= 0.6 is 0 Å². The van der Waals surface area contributed by atoms with E-state index in [1.807, 2.05) is 24.3 Å². The molecule has 0 saturated heterocycles. The highest BCUT2D eigenvalue weighted by molar-refractivity contribution is 7.91. The van der Waals surface area contributed by atoms with Crippen molar-refractivity contribution in [3.8, 4) is 5.75 Å². The summed E-state index contributed by atoms with van der Waals surface area (Å²) in [7, 11) is -3.09. The molecule has 2 aromatic rings. The molecule has 0 spiro atoms. The van der Waals surface area contributed by atoms with Gasteiger partial charge in [0, 0.05) is 18.2 Å². The summed E-state index contributed by atoms with van der Waals surface area (Å²) in [6, 6.07) is 12.2. The van der Waals surface area contributed by atoms with Crippen molar-refractivity contribution in [3.05, 3.63) is 59.7 Å². The van der Waals surface area contributed by atoms with E-state index in [-0.39, 0.29) is 17.5 Å². The Bertz CT molecular complexity index is 908. The van der Waals surface area contributed by atoms with E-state index in [2.05, 4.69) is 0 Å². The van der Waals surface area contributed by atoms with Crippen molar-refractivity contribution >= 4 is 15.7 Å². The molecule has 1 saturated carbocycles. The Morgan fingerprint density at radius 3 is 2.19 bits per heavy atom. The first kappa shape index (κ1) is 19.3. The third-order valence-corrected chi connectivity index (χ3v) is 5.82. The van der Waals surface area contributed by atoms with Gasteiger partial charge in [-0.2, -0.15) is 8.78 Å². The lowest BCUT2D eigenvalue weighted by atomic mass is 10.1. The van der Waals surface area contributed by atoms with Crippen molar-refractivity contribution in [2.24, 2.45) is 0 Å². The second kappa shape index (κ2) is 7.64. The zero-order valence-electron chi connectivity index (χ0n) is 14.6. The summed E-state index contributed by atoms with van der Waals surface area (Å²) in [6.07, 6.45) is 1.81. The predicted octanol–water partition coefficient (Wildman–Crippen LogP) is 3.50. The SMILES string of the molecule is COc1ccc(CN(C(=O)c2ccc(S(=O)(=O)C(F)F)cc2)C2CC2)cc1. The molecule has 27 heavy (non-hydrogen) atoms. The van der Waals surface area contributed by atoms with Crippen molar-refractivity contribution in [2.45, 2.75) is 36.1 Å². The number of amides is 1. The van der Waals surface area contributed by atoms with E-state index in [0.717, 1.165) is 36.3 Å². The second-order valence-electron chi connectivity index (χ2n) is 6.34. The van der Waals surface area contributed by atoms with Gasteiger partial charge in [0.1, 0.15) is 5.75 Å². The molecule has 0 atom stereocenters. The van der Waals surface area contributed by atoms with Gasteiger partial charge in [-0.1, -0.05) is 12.1 Å². The van der Waals surface area contributed by atoms with Gasteiger partial charge in [-0.15, -0.1) is 0 Å². The highest BCUT2D eigenvalue weighted by atomic mass is 32.2. The first-order chi connectivity index (χ1) is 12.8. The van der Waals surface area contributed by atoms with Crippen LogP contribution in [0.2, 0.25) is 0 Å². The number of carbonyl (C=O) groups excluding carboxylic acids is 1. The first-order valence-electron chi connectivity index (χ1n) is 8.39. The lowest BCUT2D eigenvalue weighted by Gasteiger charge is -2.23. The van der Waals surface area contributed by atoms with Crippen LogP contribution in [-0.2, 0) is 16.4 Å². The highest BCUT2D eigenvalue weighted by Crippen LogP contribution is 2.30. The zero-order valence-corrected chi connectivity index (χ0v) is 15.5. The van der Waals surface area contributed by atoms with Crippen LogP contribution in [0.5, 0.6) is 5.75 Å². The van der Waals surface area contributed by atoms with Crippen LogP contribution in [0.25, 0.3) is 0 Å². The van der Waals surface area contributed by atoms with Crippen molar-refractivity contribution in [1.29, 1.82) is 0 Å². The Morgan fingerprint density at radius 2 is 1.70 bits per heavy atom. The molecule has 0 aromatic heterocycles. The molecule has 2 aromatic carbocycles. The van der Waals surface area contributed by atoms with Crippen LogP contribution < -0.4 is 4.74 Å². The molecule has 8 heteroatoms. The molecule has 0 aliphatic heterocycles. The number of methoxy groups -OCH3 is 1. The Morgan fingerprint density at radius 1 is 1.11 bits per heavy atom. The van der Waals surface area contributed by atoms with E-state index in [0.29, 0.717) is 6.54 Å². The molecule has 5 nitrogen and oxygen atoms in total. The Kier molecular flexibility index (Phi) is 5.46. The average molecular weight is 395 g/mol. The van der Waals surface area contributed by atoms with Gasteiger partial charge in [-0.05, 0) is 54.8 Å². The molecule has 0 N–H and O–H groups in total. The number of halogens is 2. The number of ether oxygens (including phenoxy) is 1. The van der Waals surface area contributed by atoms with Gasteiger partial charge in [0.2, 0.25) is 9.84 Å². The van der Waals surface area contributed by atoms with Crippen molar-refractivity contribution in [1.82, 2.24) is 4.90 Å². The number of rotatable bonds is 7. The van der Waals surface area contributed by atoms with Gasteiger partial charge in [0.05, 0.1) is 12.0 Å². The fraction of sp³-hybridized carbons (Fsp3) is 0.316. The molecule has 3 rings (SSSR count). The van der Waals surface area contributed by atoms with Crippen LogP contribution in [0.1, 0.15) is 28.8 Å². The van der Waals surface area contributed by atoms with Crippen molar-refractivity contribution in [2.75, 3.05) is 7.11 Å². The van der Waals surface area contributed by atoms with Crippen LogP contribution in [-0.4, -0.2) is 38.1 Å². The van der Waals surface area contributed by atoms with Gasteiger partial charge < -0.3 is 9.64 Å². The normalized spacial score (nSPS) is 14.2. The minimum Gasteiger partial charge on any atom is -0.497 e. The molecule has 0 unspecified atom stereocenters. The van der Waals surface area contributed by atoms with E-state index >= 15 is 0 Å². The van der Waals surface area contributed by atoms with E-state index < -0.39 is 20.5 Å². The lowest BCUT2D eigenvalue weighted by Crippen LogP contribution is -2.32. The van der Waals surface area contributed by atoms with Gasteiger partial charge in [-0.25, -0.2) is 8.42 Å². The maximum absolute atomic E-state index is 12.9. The largest absolute Gasteiger partial charge is 0.497 e. The summed E-state index contributed by atoms with van der Waals surface area (Å²) >= 11 is 0. The summed E-state index contributed by atoms with van der Waals surface area (Å²) in [4.78, 5) is 14.1. The topological polar surface area (TPSA) is 63.7 Å². The Hall–Kier alpha value is -2.48. The molecule has 0 radical (unpaired) electrons. The second-order valence-corrected chi connectivity index (χ2v) is 8.26. The zero-order chi connectivity index (χ0) is 19.6. The van der Waals surface area contributed by atoms with E-state index in [4.69, 9.17) is 4.74 Å². The van der Waals surface area contributed by atoms with E-state index in [1.165, 1.54) is 12.1 Å². The summed E-state index contributed by atoms with van der Waals surface area (Å²) in [6.45, 7) is 0.407. The maximum Gasteiger partial charge on any atom is 0.341 e. The van der Waals surface area contributed by atoms with Crippen molar-refractivity contribution in [3.63, 3.8) is 0 Å². The quantitative estimate of drug-likeness (QED) is 0.720. The molecule has 144 valence electrons. The highest BCUT2D eigenvalue weighted by Gasteiger charge is 2.33. The van der Waals surface area contributed by atoms with Gasteiger partial charge in [0.25, 0.3) is 5.91 Å². The van der Waals surface area contributed by atoms with Crippen LogP contribution in [0.3, 0.4) is 0 Å². The smallest absolute Gasteiger partial charge is 0.341 e. The molecule has 1 aliphatic carbocycles. The van der Waals surface area contributed by atoms with Crippen LogP contribution in [0.15, 0.2) is 53.4 Å². The van der Waals surface area contributed by atoms with Gasteiger partial charge in [-0.3, -0.25) is 4.79 Å². The number of benzene rings is 2. The van der Waals surface area contributed by atoms with Crippen LogP contribution in [0.4, 0.5) is 8.78 Å². The molecular weight excluding hydrogens is 376 g/mol. The standard InChI is InChI=1S/C19H19F2NO4S/c1-26-16-8-2-13(3-9-16)12-22(15-6-7-15)18(23)14-4-10-17(11-5-14)27(24,25)19(20)21/h2-5,8-11,15,19H,6-7,12H2,1H3. The average Bonchev–Trinajstić information content (AvgIpc) is 3.51. The number of alkyl halides is 2. The maximum atomic E-state index is 12.9. The molecule has 1 amide bonds. The minimum absolute atomic E-state index is 0.129. The molecular formula is C19H19F2NO4S.